The molecule has 0 radical (unpaired) electrons. The monoisotopic (exact) mass is 344 g/mol. The smallest absolute Gasteiger partial charge is 0.254 e. The zero-order valence-electron chi connectivity index (χ0n) is 14.4. The molecule has 3 rings (SSSR count). The van der Waals surface area contributed by atoms with Crippen LogP contribution in [0.15, 0.2) is 42.5 Å². The lowest BCUT2D eigenvalue weighted by Gasteiger charge is -2.36. The van der Waals surface area contributed by atoms with E-state index in [4.69, 9.17) is 9.47 Å². The van der Waals surface area contributed by atoms with Gasteiger partial charge in [0.1, 0.15) is 17.3 Å². The molecule has 0 unspecified atom stereocenters. The molecule has 2 aromatic rings. The number of benzene rings is 2. The number of methoxy groups -OCH3 is 2. The zero-order valence-corrected chi connectivity index (χ0v) is 14.4. The molecule has 25 heavy (non-hydrogen) atoms. The van der Waals surface area contributed by atoms with E-state index in [9.17, 15) is 9.18 Å². The first kappa shape index (κ1) is 17.1. The van der Waals surface area contributed by atoms with Crippen molar-refractivity contribution >= 4 is 11.6 Å². The Balaban J connectivity index is 1.69. The fourth-order valence-electron chi connectivity index (χ4n) is 3.00. The molecular formula is C19H21FN2O3. The van der Waals surface area contributed by atoms with Crippen LogP contribution in [0.25, 0.3) is 0 Å². The molecule has 1 saturated heterocycles. The molecule has 0 aliphatic carbocycles. The van der Waals surface area contributed by atoms with E-state index in [1.807, 2.05) is 18.2 Å². The molecular weight excluding hydrogens is 323 g/mol. The number of hydrogen-bond acceptors (Lipinski definition) is 4. The van der Waals surface area contributed by atoms with E-state index in [-0.39, 0.29) is 5.91 Å². The third-order valence-electron chi connectivity index (χ3n) is 4.37. The summed E-state index contributed by atoms with van der Waals surface area (Å²) in [7, 11) is 3.24. The second-order valence-corrected chi connectivity index (χ2v) is 5.83. The maximum Gasteiger partial charge on any atom is 0.254 e. The van der Waals surface area contributed by atoms with E-state index >= 15 is 0 Å². The first-order valence-electron chi connectivity index (χ1n) is 8.14. The molecule has 0 atom stereocenters. The Morgan fingerprint density at radius 3 is 2.40 bits per heavy atom. The number of hydrogen-bond donors (Lipinski definition) is 0. The van der Waals surface area contributed by atoms with Crippen LogP contribution in [0.2, 0.25) is 0 Å². The second kappa shape index (κ2) is 7.42. The van der Waals surface area contributed by atoms with Gasteiger partial charge in [-0.2, -0.15) is 0 Å². The van der Waals surface area contributed by atoms with E-state index in [0.29, 0.717) is 31.7 Å². The molecule has 1 aliphatic rings. The average molecular weight is 344 g/mol. The molecule has 132 valence electrons. The molecule has 0 saturated carbocycles. The summed E-state index contributed by atoms with van der Waals surface area (Å²) in [5.41, 5.74) is 1.36. The van der Waals surface area contributed by atoms with E-state index in [1.54, 1.807) is 31.3 Å². The van der Waals surface area contributed by atoms with Gasteiger partial charge in [-0.15, -0.1) is 0 Å². The van der Waals surface area contributed by atoms with Gasteiger partial charge in [-0.3, -0.25) is 4.79 Å². The van der Waals surface area contributed by atoms with Gasteiger partial charge in [0, 0.05) is 37.8 Å². The number of rotatable bonds is 4. The van der Waals surface area contributed by atoms with Crippen LogP contribution in [0.5, 0.6) is 11.5 Å². The Morgan fingerprint density at radius 2 is 1.76 bits per heavy atom. The highest BCUT2D eigenvalue weighted by Gasteiger charge is 2.24. The molecule has 5 nitrogen and oxygen atoms in total. The van der Waals surface area contributed by atoms with Gasteiger partial charge < -0.3 is 19.3 Å². The minimum atomic E-state index is -0.396. The van der Waals surface area contributed by atoms with Gasteiger partial charge in [0.25, 0.3) is 5.91 Å². The molecule has 0 aromatic heterocycles. The Bertz CT molecular complexity index is 758. The number of carbonyl (C=O) groups excluding carboxylic acids is 1. The Kier molecular flexibility index (Phi) is 5.07. The van der Waals surface area contributed by atoms with E-state index in [2.05, 4.69) is 4.90 Å². The normalized spacial score (nSPS) is 14.4. The Morgan fingerprint density at radius 1 is 1.00 bits per heavy atom. The number of piperazine rings is 1. The van der Waals surface area contributed by atoms with Crippen molar-refractivity contribution in [3.63, 3.8) is 0 Å². The SMILES string of the molecule is COc1ccc(N2CCN(C(=O)c3cccc(F)c3)CC2)c(OC)c1. The molecule has 2 aromatic carbocycles. The second-order valence-electron chi connectivity index (χ2n) is 5.83. The number of ether oxygens (including phenoxy) is 2. The largest absolute Gasteiger partial charge is 0.497 e. The highest BCUT2D eigenvalue weighted by molar-refractivity contribution is 5.94. The van der Waals surface area contributed by atoms with Crippen LogP contribution in [-0.2, 0) is 0 Å². The molecule has 1 fully saturated rings. The topological polar surface area (TPSA) is 42.0 Å². The van der Waals surface area contributed by atoms with Gasteiger partial charge in [-0.1, -0.05) is 6.07 Å². The molecule has 1 aliphatic heterocycles. The van der Waals surface area contributed by atoms with Crippen LogP contribution in [0, 0.1) is 5.82 Å². The van der Waals surface area contributed by atoms with Crippen molar-refractivity contribution < 1.29 is 18.7 Å². The Hall–Kier alpha value is -2.76. The number of halogens is 1. The van der Waals surface area contributed by atoms with Crippen molar-refractivity contribution in [3.8, 4) is 11.5 Å². The molecule has 6 heteroatoms. The first-order chi connectivity index (χ1) is 12.1. The van der Waals surface area contributed by atoms with Crippen molar-refractivity contribution in [2.24, 2.45) is 0 Å². The van der Waals surface area contributed by atoms with Crippen molar-refractivity contribution in [3.05, 3.63) is 53.8 Å². The summed E-state index contributed by atoms with van der Waals surface area (Å²) in [6, 6.07) is 11.5. The molecule has 0 N–H and O–H groups in total. The molecule has 0 spiro atoms. The minimum absolute atomic E-state index is 0.138. The van der Waals surface area contributed by atoms with Crippen molar-refractivity contribution in [1.29, 1.82) is 0 Å². The number of amides is 1. The molecule has 0 bridgehead atoms. The average Bonchev–Trinajstić information content (AvgIpc) is 2.67. The van der Waals surface area contributed by atoms with E-state index in [1.165, 1.54) is 12.1 Å². The lowest BCUT2D eigenvalue weighted by atomic mass is 10.1. The van der Waals surface area contributed by atoms with Crippen molar-refractivity contribution in [2.45, 2.75) is 0 Å². The number of anilines is 1. The van der Waals surface area contributed by atoms with Gasteiger partial charge in [-0.25, -0.2) is 4.39 Å². The highest BCUT2D eigenvalue weighted by atomic mass is 19.1. The summed E-state index contributed by atoms with van der Waals surface area (Å²) >= 11 is 0. The van der Waals surface area contributed by atoms with E-state index in [0.717, 1.165) is 17.2 Å². The predicted molar refractivity (Wildman–Crippen MR) is 94.1 cm³/mol. The minimum Gasteiger partial charge on any atom is -0.497 e. The summed E-state index contributed by atoms with van der Waals surface area (Å²) < 4.78 is 24.0. The van der Waals surface area contributed by atoms with Crippen molar-refractivity contribution in [1.82, 2.24) is 4.90 Å². The predicted octanol–water partition coefficient (Wildman–Crippen LogP) is 2.81. The fraction of sp³-hybridized carbons (Fsp3) is 0.316. The van der Waals surface area contributed by atoms with Gasteiger partial charge in [0.15, 0.2) is 0 Å². The van der Waals surface area contributed by atoms with Gasteiger partial charge in [0.05, 0.1) is 19.9 Å². The first-order valence-corrected chi connectivity index (χ1v) is 8.14. The van der Waals surface area contributed by atoms with Gasteiger partial charge >= 0.3 is 0 Å². The van der Waals surface area contributed by atoms with E-state index < -0.39 is 5.82 Å². The summed E-state index contributed by atoms with van der Waals surface area (Å²) in [6.45, 7) is 2.52. The number of nitrogens with zero attached hydrogens (tertiary/aromatic N) is 2. The highest BCUT2D eigenvalue weighted by Crippen LogP contribution is 2.32. The standard InChI is InChI=1S/C19H21FN2O3/c1-24-16-6-7-17(18(13-16)25-2)21-8-10-22(11-9-21)19(23)14-4-3-5-15(20)12-14/h3-7,12-13H,8-11H2,1-2H3. The van der Waals surface area contributed by atoms with Gasteiger partial charge in [-0.05, 0) is 30.3 Å². The molecule has 1 amide bonds. The van der Waals surface area contributed by atoms with Crippen molar-refractivity contribution in [2.75, 3.05) is 45.3 Å². The lowest BCUT2D eigenvalue weighted by Crippen LogP contribution is -2.48. The van der Waals surface area contributed by atoms with Crippen LogP contribution in [-0.4, -0.2) is 51.2 Å². The van der Waals surface area contributed by atoms with Crippen LogP contribution < -0.4 is 14.4 Å². The van der Waals surface area contributed by atoms with Crippen LogP contribution >= 0.6 is 0 Å². The lowest BCUT2D eigenvalue weighted by molar-refractivity contribution is 0.0746. The summed E-state index contributed by atoms with van der Waals surface area (Å²) in [6.07, 6.45) is 0. The summed E-state index contributed by atoms with van der Waals surface area (Å²) in [5, 5.41) is 0. The Labute approximate surface area is 146 Å². The maximum absolute atomic E-state index is 13.3. The van der Waals surface area contributed by atoms with Crippen LogP contribution in [0.3, 0.4) is 0 Å². The van der Waals surface area contributed by atoms with Crippen LogP contribution in [0.1, 0.15) is 10.4 Å². The summed E-state index contributed by atoms with van der Waals surface area (Å²) in [4.78, 5) is 16.4. The zero-order chi connectivity index (χ0) is 17.8. The molecule has 1 heterocycles. The third kappa shape index (κ3) is 3.68. The van der Waals surface area contributed by atoms with Crippen LogP contribution in [0.4, 0.5) is 10.1 Å². The maximum atomic E-state index is 13.3. The third-order valence-corrected chi connectivity index (χ3v) is 4.37. The number of carbonyl (C=O) groups is 1. The fourth-order valence-corrected chi connectivity index (χ4v) is 3.00. The van der Waals surface area contributed by atoms with Gasteiger partial charge in [0.2, 0.25) is 0 Å². The quantitative estimate of drug-likeness (QED) is 0.855. The summed E-state index contributed by atoms with van der Waals surface area (Å²) in [5.74, 6) is 0.943.